The Morgan fingerprint density at radius 3 is 2.52 bits per heavy atom. The van der Waals surface area contributed by atoms with Gasteiger partial charge in [-0.25, -0.2) is 0 Å². The Labute approximate surface area is 169 Å². The van der Waals surface area contributed by atoms with E-state index >= 15 is 0 Å². The van der Waals surface area contributed by atoms with Crippen LogP contribution in [-0.2, 0) is 17.9 Å². The molecule has 0 bridgehead atoms. The van der Waals surface area contributed by atoms with Crippen LogP contribution in [-0.4, -0.2) is 21.9 Å². The van der Waals surface area contributed by atoms with Gasteiger partial charge in [-0.15, -0.1) is 0 Å². The van der Waals surface area contributed by atoms with Gasteiger partial charge in [0, 0.05) is 36.4 Å². The van der Waals surface area contributed by atoms with Gasteiger partial charge in [-0.05, 0) is 36.6 Å². The number of carbonyl (C=O) groups is 1. The van der Waals surface area contributed by atoms with Gasteiger partial charge in [0.1, 0.15) is 0 Å². The summed E-state index contributed by atoms with van der Waals surface area (Å²) >= 11 is 6.32. The molecule has 0 spiro atoms. The van der Waals surface area contributed by atoms with E-state index in [0.717, 1.165) is 55.1 Å². The molecule has 0 fully saturated rings. The first-order valence-corrected chi connectivity index (χ1v) is 10.7. The van der Waals surface area contributed by atoms with Gasteiger partial charge in [-0.3, -0.25) is 4.79 Å². The summed E-state index contributed by atoms with van der Waals surface area (Å²) in [6, 6.07) is 12.1. The fourth-order valence-electron chi connectivity index (χ4n) is 3.25. The number of hydrogen-bond donors (Lipinski definition) is 0. The smallest absolute Gasteiger partial charge is 0.222 e. The van der Waals surface area contributed by atoms with Crippen molar-refractivity contribution in [1.82, 2.24) is 9.47 Å². The summed E-state index contributed by atoms with van der Waals surface area (Å²) in [4.78, 5) is 14.8. The Kier molecular flexibility index (Phi) is 9.47. The van der Waals surface area contributed by atoms with Gasteiger partial charge in [0.15, 0.2) is 0 Å². The lowest BCUT2D eigenvalue weighted by molar-refractivity contribution is -0.132. The second kappa shape index (κ2) is 11.9. The first kappa shape index (κ1) is 21.6. The van der Waals surface area contributed by atoms with E-state index in [2.05, 4.69) is 42.8 Å². The lowest BCUT2D eigenvalue weighted by Gasteiger charge is -2.24. The van der Waals surface area contributed by atoms with Gasteiger partial charge in [-0.1, -0.05) is 69.3 Å². The van der Waals surface area contributed by atoms with Gasteiger partial charge in [0.2, 0.25) is 5.91 Å². The number of rotatable bonds is 12. The molecule has 0 saturated carbocycles. The predicted molar refractivity (Wildman–Crippen MR) is 114 cm³/mol. The second-order valence-electron chi connectivity index (χ2n) is 7.20. The van der Waals surface area contributed by atoms with Gasteiger partial charge >= 0.3 is 0 Å². The van der Waals surface area contributed by atoms with Gasteiger partial charge in [0.25, 0.3) is 0 Å². The molecule has 148 valence electrons. The molecule has 3 nitrogen and oxygen atoms in total. The lowest BCUT2D eigenvalue weighted by atomic mass is 10.1. The maximum Gasteiger partial charge on any atom is 0.222 e. The standard InChI is InChI=1S/C23H33ClN2O/c1-3-5-7-8-15-23(27)26(16-6-4-2)19-21-13-11-17-25(21)18-20-12-9-10-14-22(20)24/h9-14,17H,3-8,15-16,18-19H2,1-2H3. The van der Waals surface area contributed by atoms with Crippen LogP contribution in [0.4, 0.5) is 0 Å². The summed E-state index contributed by atoms with van der Waals surface area (Å²) < 4.78 is 2.20. The number of nitrogens with zero attached hydrogens (tertiary/aromatic N) is 2. The van der Waals surface area contributed by atoms with E-state index in [1.54, 1.807) is 0 Å². The van der Waals surface area contributed by atoms with Gasteiger partial charge in [-0.2, -0.15) is 0 Å². The summed E-state index contributed by atoms with van der Waals surface area (Å²) in [5.41, 5.74) is 2.26. The molecule has 1 aromatic carbocycles. The minimum absolute atomic E-state index is 0.282. The Hall–Kier alpha value is -1.74. The van der Waals surface area contributed by atoms with E-state index in [-0.39, 0.29) is 5.91 Å². The summed E-state index contributed by atoms with van der Waals surface area (Å²) in [6.07, 6.45) is 9.43. The SMILES string of the molecule is CCCCCCC(=O)N(CCCC)Cc1cccn1Cc1ccccc1Cl. The van der Waals surface area contributed by atoms with E-state index in [9.17, 15) is 4.79 Å². The van der Waals surface area contributed by atoms with Crippen LogP contribution in [0.25, 0.3) is 0 Å². The minimum atomic E-state index is 0.282. The zero-order valence-electron chi connectivity index (χ0n) is 16.8. The molecule has 0 N–H and O–H groups in total. The fourth-order valence-corrected chi connectivity index (χ4v) is 3.45. The number of amides is 1. The highest BCUT2D eigenvalue weighted by atomic mass is 35.5. The van der Waals surface area contributed by atoms with Crippen LogP contribution in [0.1, 0.15) is 70.1 Å². The number of aromatic nitrogens is 1. The van der Waals surface area contributed by atoms with Crippen LogP contribution in [0, 0.1) is 0 Å². The summed E-state index contributed by atoms with van der Waals surface area (Å²) in [5.74, 6) is 0.282. The largest absolute Gasteiger partial charge is 0.345 e. The van der Waals surface area contributed by atoms with E-state index in [4.69, 9.17) is 11.6 Å². The molecule has 0 atom stereocenters. The van der Waals surface area contributed by atoms with Crippen molar-refractivity contribution in [3.63, 3.8) is 0 Å². The Bertz CT molecular complexity index is 695. The van der Waals surface area contributed by atoms with Crippen LogP contribution >= 0.6 is 11.6 Å². The monoisotopic (exact) mass is 388 g/mol. The molecular formula is C23H33ClN2O. The van der Waals surface area contributed by atoms with Crippen LogP contribution in [0.2, 0.25) is 5.02 Å². The number of benzene rings is 1. The molecule has 1 aromatic heterocycles. The molecule has 0 aliphatic carbocycles. The second-order valence-corrected chi connectivity index (χ2v) is 7.61. The quantitative estimate of drug-likeness (QED) is 0.392. The van der Waals surface area contributed by atoms with Crippen molar-refractivity contribution < 1.29 is 4.79 Å². The number of hydrogen-bond acceptors (Lipinski definition) is 1. The highest BCUT2D eigenvalue weighted by molar-refractivity contribution is 6.31. The van der Waals surface area contributed by atoms with Crippen molar-refractivity contribution in [2.24, 2.45) is 0 Å². The van der Waals surface area contributed by atoms with Crippen LogP contribution in [0.15, 0.2) is 42.6 Å². The van der Waals surface area contributed by atoms with E-state index < -0.39 is 0 Å². The van der Waals surface area contributed by atoms with E-state index in [0.29, 0.717) is 13.0 Å². The highest BCUT2D eigenvalue weighted by Crippen LogP contribution is 2.18. The van der Waals surface area contributed by atoms with Crippen molar-refractivity contribution in [3.8, 4) is 0 Å². The summed E-state index contributed by atoms with van der Waals surface area (Å²) in [5, 5.41) is 0.784. The maximum atomic E-state index is 12.8. The fraction of sp³-hybridized carbons (Fsp3) is 0.522. The molecular weight excluding hydrogens is 356 g/mol. The zero-order chi connectivity index (χ0) is 19.5. The Morgan fingerprint density at radius 1 is 1.00 bits per heavy atom. The minimum Gasteiger partial charge on any atom is -0.345 e. The average molecular weight is 389 g/mol. The molecule has 2 aromatic rings. The molecule has 1 amide bonds. The third-order valence-corrected chi connectivity index (χ3v) is 5.32. The van der Waals surface area contributed by atoms with Gasteiger partial charge in [0.05, 0.1) is 6.54 Å². The normalized spacial score (nSPS) is 10.9. The molecule has 27 heavy (non-hydrogen) atoms. The molecule has 1 heterocycles. The lowest BCUT2D eigenvalue weighted by Crippen LogP contribution is -2.32. The van der Waals surface area contributed by atoms with Crippen molar-refractivity contribution >= 4 is 17.5 Å². The molecule has 0 unspecified atom stereocenters. The number of halogens is 1. The third kappa shape index (κ3) is 7.06. The molecule has 0 aliphatic rings. The molecule has 0 radical (unpaired) electrons. The first-order valence-electron chi connectivity index (χ1n) is 10.3. The van der Waals surface area contributed by atoms with Crippen molar-refractivity contribution in [1.29, 1.82) is 0 Å². The number of unbranched alkanes of at least 4 members (excludes halogenated alkanes) is 4. The topological polar surface area (TPSA) is 25.2 Å². The molecule has 0 saturated heterocycles. The molecule has 4 heteroatoms. The Balaban J connectivity index is 2.03. The van der Waals surface area contributed by atoms with E-state index in [1.165, 1.54) is 12.8 Å². The van der Waals surface area contributed by atoms with Crippen molar-refractivity contribution in [3.05, 3.63) is 58.9 Å². The van der Waals surface area contributed by atoms with Crippen LogP contribution in [0.3, 0.4) is 0 Å². The molecule has 0 aliphatic heterocycles. The van der Waals surface area contributed by atoms with E-state index in [1.807, 2.05) is 23.1 Å². The average Bonchev–Trinajstić information content (AvgIpc) is 3.10. The van der Waals surface area contributed by atoms with Gasteiger partial charge < -0.3 is 9.47 Å². The summed E-state index contributed by atoms with van der Waals surface area (Å²) in [7, 11) is 0. The van der Waals surface area contributed by atoms with Crippen LogP contribution < -0.4 is 0 Å². The zero-order valence-corrected chi connectivity index (χ0v) is 17.5. The number of carbonyl (C=O) groups excluding carboxylic acids is 1. The highest BCUT2D eigenvalue weighted by Gasteiger charge is 2.15. The van der Waals surface area contributed by atoms with Crippen LogP contribution in [0.5, 0.6) is 0 Å². The molecule has 2 rings (SSSR count). The van der Waals surface area contributed by atoms with Crippen molar-refractivity contribution in [2.45, 2.75) is 71.9 Å². The predicted octanol–water partition coefficient (Wildman–Crippen LogP) is 6.29. The van der Waals surface area contributed by atoms with Crippen molar-refractivity contribution in [2.75, 3.05) is 6.54 Å². The maximum absolute atomic E-state index is 12.8. The Morgan fingerprint density at radius 2 is 1.78 bits per heavy atom. The third-order valence-electron chi connectivity index (χ3n) is 4.95. The first-order chi connectivity index (χ1) is 13.2. The summed E-state index contributed by atoms with van der Waals surface area (Å²) in [6.45, 7) is 6.60.